The summed E-state index contributed by atoms with van der Waals surface area (Å²) in [6.07, 6.45) is 1.07. The highest BCUT2D eigenvalue weighted by molar-refractivity contribution is 8.15. The van der Waals surface area contributed by atoms with Crippen LogP contribution >= 0.6 is 23.4 Å². The Morgan fingerprint density at radius 1 is 1.06 bits per heavy atom. The van der Waals surface area contributed by atoms with Gasteiger partial charge in [-0.3, -0.25) is 14.6 Å². The number of para-hydroxylation sites is 1. The van der Waals surface area contributed by atoms with E-state index >= 15 is 0 Å². The number of carbonyl (C=O) groups is 2. The molecule has 0 saturated heterocycles. The number of thioether (sulfide) groups is 1. The summed E-state index contributed by atoms with van der Waals surface area (Å²) in [5.41, 5.74) is 3.27. The van der Waals surface area contributed by atoms with Crippen LogP contribution in [0.5, 0.6) is 0 Å². The van der Waals surface area contributed by atoms with Crippen LogP contribution in [-0.2, 0) is 16.0 Å². The molecule has 2 aliphatic heterocycles. The van der Waals surface area contributed by atoms with Crippen molar-refractivity contribution in [3.05, 3.63) is 95.0 Å². The fourth-order valence-corrected chi connectivity index (χ4v) is 5.20. The van der Waals surface area contributed by atoms with E-state index in [4.69, 9.17) is 21.6 Å². The zero-order valence-corrected chi connectivity index (χ0v) is 20.6. The van der Waals surface area contributed by atoms with Gasteiger partial charge < -0.3 is 5.32 Å². The quantitative estimate of drug-likeness (QED) is 0.470. The molecule has 5 rings (SSSR count). The number of halogens is 1. The number of hydrogen-bond donors (Lipinski definition) is 1. The molecule has 0 bridgehead atoms. The first kappa shape index (κ1) is 23.3. The van der Waals surface area contributed by atoms with E-state index in [-0.39, 0.29) is 11.8 Å². The summed E-state index contributed by atoms with van der Waals surface area (Å²) in [5, 5.41) is 3.56. The SMILES string of the molecule is CC[C@H](SC1=Nc2ccccc2C2=N[C@H](Cc3ccccc3)C(=O)N12)C(=O)Nc1ccc(Cl)cc1. The molecule has 35 heavy (non-hydrogen) atoms. The minimum absolute atomic E-state index is 0.127. The van der Waals surface area contributed by atoms with Gasteiger partial charge in [-0.05, 0) is 48.4 Å². The summed E-state index contributed by atoms with van der Waals surface area (Å²) >= 11 is 7.24. The summed E-state index contributed by atoms with van der Waals surface area (Å²) < 4.78 is 0. The van der Waals surface area contributed by atoms with Gasteiger partial charge in [0, 0.05) is 22.7 Å². The molecule has 3 aromatic carbocycles. The highest BCUT2D eigenvalue weighted by atomic mass is 35.5. The van der Waals surface area contributed by atoms with E-state index in [1.54, 1.807) is 29.2 Å². The predicted molar refractivity (Wildman–Crippen MR) is 143 cm³/mol. The van der Waals surface area contributed by atoms with Gasteiger partial charge in [0.15, 0.2) is 5.17 Å². The van der Waals surface area contributed by atoms with Crippen molar-refractivity contribution in [3.8, 4) is 0 Å². The fourth-order valence-electron chi connectivity index (χ4n) is 4.06. The lowest BCUT2D eigenvalue weighted by Crippen LogP contribution is -2.42. The molecule has 0 radical (unpaired) electrons. The molecule has 2 heterocycles. The molecule has 1 N–H and O–H groups in total. The Morgan fingerprint density at radius 3 is 2.51 bits per heavy atom. The Labute approximate surface area is 213 Å². The van der Waals surface area contributed by atoms with E-state index in [0.717, 1.165) is 16.8 Å². The van der Waals surface area contributed by atoms with Crippen molar-refractivity contribution in [1.82, 2.24) is 4.90 Å². The number of rotatable bonds is 6. The normalized spacial score (nSPS) is 17.3. The van der Waals surface area contributed by atoms with Gasteiger partial charge >= 0.3 is 0 Å². The molecule has 3 aromatic rings. The second kappa shape index (κ2) is 10.1. The smallest absolute Gasteiger partial charge is 0.259 e. The minimum atomic E-state index is -0.535. The molecule has 0 saturated carbocycles. The van der Waals surface area contributed by atoms with Crippen molar-refractivity contribution in [3.63, 3.8) is 0 Å². The van der Waals surface area contributed by atoms with E-state index in [1.807, 2.05) is 61.5 Å². The minimum Gasteiger partial charge on any atom is -0.325 e. The van der Waals surface area contributed by atoms with Crippen molar-refractivity contribution < 1.29 is 9.59 Å². The Kier molecular flexibility index (Phi) is 6.70. The number of aliphatic imine (C=N–C) groups is 2. The number of fused-ring (bicyclic) bond motifs is 3. The lowest BCUT2D eigenvalue weighted by atomic mass is 10.1. The zero-order valence-electron chi connectivity index (χ0n) is 19.0. The lowest BCUT2D eigenvalue weighted by molar-refractivity contribution is -0.124. The molecule has 0 spiro atoms. The average Bonchev–Trinajstić information content (AvgIpc) is 3.20. The summed E-state index contributed by atoms with van der Waals surface area (Å²) in [4.78, 5) is 37.8. The van der Waals surface area contributed by atoms with E-state index in [0.29, 0.717) is 34.6 Å². The Balaban J connectivity index is 1.42. The number of hydrogen-bond acceptors (Lipinski definition) is 5. The van der Waals surface area contributed by atoms with Crippen molar-refractivity contribution in [2.24, 2.45) is 9.98 Å². The van der Waals surface area contributed by atoms with Gasteiger partial charge in [-0.25, -0.2) is 9.89 Å². The summed E-state index contributed by atoms with van der Waals surface area (Å²) in [6, 6.07) is 23.9. The van der Waals surface area contributed by atoms with E-state index in [2.05, 4.69) is 5.32 Å². The van der Waals surface area contributed by atoms with Crippen LogP contribution < -0.4 is 5.32 Å². The van der Waals surface area contributed by atoms with Crippen LogP contribution in [0.3, 0.4) is 0 Å². The van der Waals surface area contributed by atoms with Gasteiger partial charge in [-0.2, -0.15) is 0 Å². The van der Waals surface area contributed by atoms with Crippen LogP contribution in [-0.4, -0.2) is 39.0 Å². The van der Waals surface area contributed by atoms with Gasteiger partial charge in [-0.1, -0.05) is 72.8 Å². The maximum atomic E-state index is 13.5. The fraction of sp³-hybridized carbons (Fsp3) is 0.185. The maximum absolute atomic E-state index is 13.5. The summed E-state index contributed by atoms with van der Waals surface area (Å²) in [7, 11) is 0. The largest absolute Gasteiger partial charge is 0.325 e. The van der Waals surface area contributed by atoms with Crippen LogP contribution in [0.25, 0.3) is 0 Å². The maximum Gasteiger partial charge on any atom is 0.259 e. The van der Waals surface area contributed by atoms with Gasteiger partial charge in [0.05, 0.1) is 10.9 Å². The highest BCUT2D eigenvalue weighted by Gasteiger charge is 2.42. The van der Waals surface area contributed by atoms with Gasteiger partial charge in [0.2, 0.25) is 5.91 Å². The Bertz CT molecular complexity index is 1320. The van der Waals surface area contributed by atoms with Crippen LogP contribution in [0, 0.1) is 0 Å². The first-order valence-electron chi connectivity index (χ1n) is 11.4. The predicted octanol–water partition coefficient (Wildman–Crippen LogP) is 5.69. The topological polar surface area (TPSA) is 74.1 Å². The molecule has 0 unspecified atom stereocenters. The van der Waals surface area contributed by atoms with Crippen molar-refractivity contribution >= 4 is 57.6 Å². The van der Waals surface area contributed by atoms with Crippen molar-refractivity contribution in [2.45, 2.75) is 31.1 Å². The molecule has 176 valence electrons. The number of amides is 2. The first-order valence-corrected chi connectivity index (χ1v) is 12.7. The molecular weight excluding hydrogens is 480 g/mol. The molecule has 0 fully saturated rings. The number of nitrogens with zero attached hydrogens (tertiary/aromatic N) is 3. The van der Waals surface area contributed by atoms with E-state index in [1.165, 1.54) is 11.8 Å². The summed E-state index contributed by atoms with van der Waals surface area (Å²) in [6.45, 7) is 1.94. The van der Waals surface area contributed by atoms with E-state index < -0.39 is 11.3 Å². The Hall–Kier alpha value is -3.42. The molecule has 2 amide bonds. The average molecular weight is 503 g/mol. The molecular formula is C27H23ClN4O2S. The number of carbonyl (C=O) groups excluding carboxylic acids is 2. The van der Waals surface area contributed by atoms with Crippen molar-refractivity contribution in [1.29, 1.82) is 0 Å². The van der Waals surface area contributed by atoms with Crippen molar-refractivity contribution in [2.75, 3.05) is 5.32 Å². The molecule has 0 aliphatic carbocycles. The third-order valence-corrected chi connectivity index (χ3v) is 7.41. The standard InChI is InChI=1S/C27H23ClN4O2S/c1-2-23(25(33)29-19-14-12-18(28)13-15-19)35-27-31-21-11-7-6-10-20(21)24-30-22(26(34)32(24)27)16-17-8-4-3-5-9-17/h3-15,22-23H,2,16H2,1H3,(H,29,33)/t22-,23+/m1/s1. The number of nitrogens with one attached hydrogen (secondary N) is 1. The number of anilines is 1. The van der Waals surface area contributed by atoms with Gasteiger partial charge in [0.1, 0.15) is 11.9 Å². The van der Waals surface area contributed by atoms with Crippen LogP contribution in [0.2, 0.25) is 5.02 Å². The molecule has 6 nitrogen and oxygen atoms in total. The van der Waals surface area contributed by atoms with Crippen LogP contribution in [0.1, 0.15) is 24.5 Å². The van der Waals surface area contributed by atoms with Gasteiger partial charge in [-0.15, -0.1) is 0 Å². The molecule has 0 aromatic heterocycles. The molecule has 2 atom stereocenters. The second-order valence-corrected chi connectivity index (χ2v) is 9.86. The third-order valence-electron chi connectivity index (χ3n) is 5.84. The Morgan fingerprint density at radius 2 is 1.77 bits per heavy atom. The van der Waals surface area contributed by atoms with E-state index in [9.17, 15) is 9.59 Å². The summed E-state index contributed by atoms with van der Waals surface area (Å²) in [5.74, 6) is 0.307. The van der Waals surface area contributed by atoms with Crippen LogP contribution in [0.15, 0.2) is 88.8 Å². The molecule has 8 heteroatoms. The molecule has 2 aliphatic rings. The van der Waals surface area contributed by atoms with Gasteiger partial charge in [0.25, 0.3) is 5.91 Å². The second-order valence-electron chi connectivity index (χ2n) is 8.25. The first-order chi connectivity index (χ1) is 17.0. The lowest BCUT2D eigenvalue weighted by Gasteiger charge is -2.27. The van der Waals surface area contributed by atoms with Crippen LogP contribution in [0.4, 0.5) is 11.4 Å². The number of amidine groups is 2. The third kappa shape index (κ3) is 4.88. The zero-order chi connectivity index (χ0) is 24.4. The number of benzene rings is 3. The highest BCUT2D eigenvalue weighted by Crippen LogP contribution is 2.36. The monoisotopic (exact) mass is 502 g/mol.